The molecule has 5 atom stereocenters. The van der Waals surface area contributed by atoms with E-state index in [0.29, 0.717) is 25.5 Å². The van der Waals surface area contributed by atoms with Crippen LogP contribution in [0.5, 0.6) is 0 Å². The molecule has 2 aliphatic rings. The van der Waals surface area contributed by atoms with Gasteiger partial charge < -0.3 is 9.87 Å². The van der Waals surface area contributed by atoms with E-state index in [0.717, 1.165) is 18.9 Å². The van der Waals surface area contributed by atoms with Gasteiger partial charge in [-0.2, -0.15) is 4.31 Å². The zero-order valence-electron chi connectivity index (χ0n) is 19.5. The van der Waals surface area contributed by atoms with Crippen molar-refractivity contribution in [3.8, 4) is 0 Å². The number of hydrogen-bond acceptors (Lipinski definition) is 5. The van der Waals surface area contributed by atoms with Crippen molar-refractivity contribution in [1.82, 2.24) is 14.3 Å². The first kappa shape index (κ1) is 26.7. The Morgan fingerprint density at radius 2 is 1.70 bits per heavy atom. The van der Waals surface area contributed by atoms with Crippen molar-refractivity contribution in [2.75, 3.05) is 19.3 Å². The molecule has 0 amide bonds. The maximum absolute atomic E-state index is 14.4. The number of nitrogens with one attached hydrogen (secondary N) is 2. The highest BCUT2D eigenvalue weighted by Gasteiger charge is 2.48. The normalized spacial score (nSPS) is 25.9. The highest BCUT2D eigenvalue weighted by atomic mass is 32.2. The first-order valence-electron chi connectivity index (χ1n) is 11.3. The summed E-state index contributed by atoms with van der Waals surface area (Å²) in [4.78, 5) is 0. The number of rotatable bonds is 9. The molecule has 2 heterocycles. The van der Waals surface area contributed by atoms with Crippen molar-refractivity contribution in [1.29, 1.82) is 0 Å². The Hall–Kier alpha value is -0.850. The number of piperidine rings is 1. The molecule has 2 aliphatic heterocycles. The first-order chi connectivity index (χ1) is 15.3. The van der Waals surface area contributed by atoms with E-state index < -0.39 is 49.6 Å². The Morgan fingerprint density at radius 1 is 1.12 bits per heavy atom. The quantitative estimate of drug-likeness (QED) is 0.395. The Bertz CT molecular complexity index is 929. The Kier molecular flexibility index (Phi) is 8.44. The molecule has 2 fully saturated rings. The summed E-state index contributed by atoms with van der Waals surface area (Å²) in [5, 5.41) is 2.87. The number of nitrogens with zero attached hydrogens (tertiary/aromatic N) is 1. The van der Waals surface area contributed by atoms with Crippen molar-refractivity contribution in [3.63, 3.8) is 0 Å². The molecule has 1 aromatic rings. The monoisotopic (exact) mass is 509 g/mol. The van der Waals surface area contributed by atoms with Crippen LogP contribution in [0.15, 0.2) is 12.1 Å². The molecule has 0 unspecified atom stereocenters. The summed E-state index contributed by atoms with van der Waals surface area (Å²) in [6, 6.07) is 0.569. The van der Waals surface area contributed by atoms with E-state index in [-0.39, 0.29) is 35.7 Å². The van der Waals surface area contributed by atoms with Gasteiger partial charge in [-0.05, 0) is 77.5 Å². The molecular weight excluding hydrogens is 475 g/mol. The van der Waals surface area contributed by atoms with Gasteiger partial charge in [0, 0.05) is 36.1 Å². The molecule has 0 radical (unpaired) electrons. The Labute approximate surface area is 198 Å². The second-order valence-electron chi connectivity index (χ2n) is 10.0. The van der Waals surface area contributed by atoms with Gasteiger partial charge in [0.15, 0.2) is 11.6 Å². The van der Waals surface area contributed by atoms with Crippen LogP contribution in [0.4, 0.5) is 13.2 Å². The predicted molar refractivity (Wildman–Crippen MR) is 124 cm³/mol. The van der Waals surface area contributed by atoms with Crippen molar-refractivity contribution >= 4 is 21.4 Å². The molecule has 6 nitrogen and oxygen atoms in total. The third-order valence-corrected chi connectivity index (χ3v) is 10.1. The number of hydrogen-bond donors (Lipinski definition) is 2. The summed E-state index contributed by atoms with van der Waals surface area (Å²) in [6.07, 6.45) is 2.60. The second-order valence-corrected chi connectivity index (χ2v) is 14.0. The molecule has 1 aromatic carbocycles. The van der Waals surface area contributed by atoms with Crippen LogP contribution >= 0.6 is 0 Å². The zero-order valence-corrected chi connectivity index (χ0v) is 21.2. The number of sulfonamides is 1. The van der Waals surface area contributed by atoms with Gasteiger partial charge in [-0.15, -0.1) is 4.72 Å². The lowest BCUT2D eigenvalue weighted by atomic mass is 9.83. The summed E-state index contributed by atoms with van der Waals surface area (Å²) in [5.74, 6) is -3.30. The summed E-state index contributed by atoms with van der Waals surface area (Å²) < 4.78 is 84.5. The van der Waals surface area contributed by atoms with Gasteiger partial charge >= 0.3 is 0 Å². The van der Waals surface area contributed by atoms with Gasteiger partial charge in [0.25, 0.3) is 0 Å². The van der Waals surface area contributed by atoms with Crippen LogP contribution in [0, 0.1) is 23.4 Å². The first-order valence-corrected chi connectivity index (χ1v) is 14.1. The van der Waals surface area contributed by atoms with Gasteiger partial charge in [-0.25, -0.2) is 21.6 Å². The lowest BCUT2D eigenvalue weighted by molar-refractivity contribution is 0.165. The maximum atomic E-state index is 14.4. The van der Waals surface area contributed by atoms with Crippen molar-refractivity contribution in [3.05, 3.63) is 35.1 Å². The number of benzene rings is 1. The summed E-state index contributed by atoms with van der Waals surface area (Å²) in [7, 11) is -1.71. The zero-order chi connectivity index (χ0) is 24.6. The smallest absolute Gasteiger partial charge is 0.215 e. The van der Waals surface area contributed by atoms with Gasteiger partial charge in [0.2, 0.25) is 10.0 Å². The van der Waals surface area contributed by atoms with Crippen LogP contribution < -0.4 is 10.0 Å². The van der Waals surface area contributed by atoms with Gasteiger partial charge in [0.05, 0.1) is 11.8 Å². The highest BCUT2D eigenvalue weighted by molar-refractivity contribution is 7.90. The third kappa shape index (κ3) is 6.24. The van der Waals surface area contributed by atoms with Crippen molar-refractivity contribution in [2.24, 2.45) is 5.92 Å². The summed E-state index contributed by atoms with van der Waals surface area (Å²) in [6.45, 7) is 5.80. The lowest BCUT2D eigenvalue weighted by Crippen LogP contribution is -2.54. The van der Waals surface area contributed by atoms with Crippen molar-refractivity contribution in [2.45, 2.75) is 75.7 Å². The molecule has 0 saturated carbocycles. The number of fused-ring (bicyclic) bond motifs is 2. The van der Waals surface area contributed by atoms with E-state index in [1.807, 2.05) is 20.8 Å². The van der Waals surface area contributed by atoms with E-state index in [1.165, 1.54) is 0 Å². The molecule has 33 heavy (non-hydrogen) atoms. The summed E-state index contributed by atoms with van der Waals surface area (Å²) in [5.41, 5.74) is 0.00808. The fraction of sp³-hybridized carbons (Fsp3) is 0.727. The largest absolute Gasteiger partial charge is 0.598 e. The fourth-order valence-corrected chi connectivity index (χ4v) is 7.74. The van der Waals surface area contributed by atoms with E-state index in [9.17, 15) is 26.1 Å². The molecule has 0 aromatic heterocycles. The van der Waals surface area contributed by atoms with Crippen LogP contribution in [0.2, 0.25) is 0 Å². The minimum absolute atomic E-state index is 0.00808. The maximum Gasteiger partial charge on any atom is 0.215 e. The van der Waals surface area contributed by atoms with Gasteiger partial charge in [0.1, 0.15) is 10.6 Å². The molecular formula is C22H34F3N3O3S2. The van der Waals surface area contributed by atoms with E-state index in [1.54, 1.807) is 11.4 Å². The fourth-order valence-electron chi connectivity index (χ4n) is 4.87. The van der Waals surface area contributed by atoms with Crippen LogP contribution in [0.3, 0.4) is 0 Å². The van der Waals surface area contributed by atoms with Gasteiger partial charge in [-0.3, -0.25) is 0 Å². The van der Waals surface area contributed by atoms with Gasteiger partial charge in [-0.1, -0.05) is 0 Å². The number of halogens is 3. The highest BCUT2D eigenvalue weighted by Crippen LogP contribution is 2.42. The molecule has 0 aliphatic carbocycles. The molecule has 2 bridgehead atoms. The average molecular weight is 510 g/mol. The molecule has 188 valence electrons. The van der Waals surface area contributed by atoms with Crippen LogP contribution in [-0.2, 0) is 27.8 Å². The molecule has 3 rings (SSSR count). The Balaban J connectivity index is 1.84. The molecule has 2 saturated heterocycles. The minimum Gasteiger partial charge on any atom is -0.598 e. The van der Waals surface area contributed by atoms with E-state index in [4.69, 9.17) is 0 Å². The third-order valence-electron chi connectivity index (χ3n) is 6.55. The minimum atomic E-state index is -3.41. The SMILES string of the molecule is CNCCS(=O)(=O)N1[C@@H]2CC[C@H]1C[C@H]([C@@H](Cc1cc(F)c(F)cc1F)N[S@@+]([O-])C(C)(C)C)C2. The van der Waals surface area contributed by atoms with E-state index >= 15 is 0 Å². The predicted octanol–water partition coefficient (Wildman–Crippen LogP) is 2.86. The average Bonchev–Trinajstić information content (AvgIpc) is 3.00. The Morgan fingerprint density at radius 3 is 2.24 bits per heavy atom. The van der Waals surface area contributed by atoms with Crippen LogP contribution in [-0.4, -0.2) is 59.5 Å². The van der Waals surface area contributed by atoms with Crippen LogP contribution in [0.25, 0.3) is 0 Å². The van der Waals surface area contributed by atoms with E-state index in [2.05, 4.69) is 10.0 Å². The second kappa shape index (κ2) is 10.4. The molecule has 0 spiro atoms. The topological polar surface area (TPSA) is 84.5 Å². The molecule has 11 heteroatoms. The standard InChI is InChI=1S/C22H34F3N3O3S2/c1-22(2,3)32(29)27-21(12-14-11-19(24)20(25)13-18(14)23)15-9-16-5-6-17(10-15)28(16)33(30,31)8-7-26-4/h11,13,15-17,21,26-27H,5-10,12H2,1-4H3/t15-,16-,17+,21-,32+/m1/s1. The van der Waals surface area contributed by atoms with Crippen LogP contribution in [0.1, 0.15) is 52.0 Å². The summed E-state index contributed by atoms with van der Waals surface area (Å²) >= 11 is -1.47. The lowest BCUT2D eigenvalue weighted by Gasteiger charge is -2.41. The van der Waals surface area contributed by atoms with Crippen molar-refractivity contribution < 1.29 is 26.1 Å². The molecule has 2 N–H and O–H groups in total.